The van der Waals surface area contributed by atoms with Crippen molar-refractivity contribution in [2.24, 2.45) is 0 Å². The van der Waals surface area contributed by atoms with Crippen LogP contribution in [0.4, 0.5) is 8.78 Å². The normalized spacial score (nSPS) is 14.2. The number of halogens is 2. The van der Waals surface area contributed by atoms with Crippen LogP contribution in [-0.4, -0.2) is 11.2 Å². The summed E-state index contributed by atoms with van der Waals surface area (Å²) in [5, 5.41) is 8.87. The van der Waals surface area contributed by atoms with E-state index in [0.29, 0.717) is 0 Å². The Labute approximate surface area is 76.0 Å². The molecule has 0 bridgehead atoms. The van der Waals surface area contributed by atoms with Gasteiger partial charge in [0.2, 0.25) is 0 Å². The summed E-state index contributed by atoms with van der Waals surface area (Å²) in [6.45, 7) is 2.82. The standard InChI is InChI=1S/C10H12F2O/c1-7-4-3-5-9(6-7)10(11,12)8(2)13/h3-6,8,13H,1-2H3/t8-/m1/s1. The number of hydrogen-bond donors (Lipinski definition) is 1. The maximum Gasteiger partial charge on any atom is 0.298 e. The SMILES string of the molecule is Cc1cccc(C(F)(F)[C@@H](C)O)c1. The zero-order valence-corrected chi connectivity index (χ0v) is 7.59. The summed E-state index contributed by atoms with van der Waals surface area (Å²) in [6.07, 6.45) is -1.66. The van der Waals surface area contributed by atoms with Gasteiger partial charge in [-0.1, -0.05) is 29.8 Å². The summed E-state index contributed by atoms with van der Waals surface area (Å²) in [5.74, 6) is -3.16. The summed E-state index contributed by atoms with van der Waals surface area (Å²) < 4.78 is 26.4. The van der Waals surface area contributed by atoms with Gasteiger partial charge >= 0.3 is 0 Å². The third-order valence-corrected chi connectivity index (χ3v) is 1.93. The van der Waals surface area contributed by atoms with Crippen molar-refractivity contribution >= 4 is 0 Å². The molecule has 0 aromatic heterocycles. The molecule has 1 aromatic rings. The molecule has 1 N–H and O–H groups in total. The number of aryl methyl sites for hydroxylation is 1. The Morgan fingerprint density at radius 3 is 2.46 bits per heavy atom. The smallest absolute Gasteiger partial charge is 0.298 e. The number of aliphatic hydroxyl groups excluding tert-OH is 1. The van der Waals surface area contributed by atoms with Crippen molar-refractivity contribution in [2.75, 3.05) is 0 Å². The second kappa shape index (κ2) is 3.42. The van der Waals surface area contributed by atoms with Gasteiger partial charge in [-0.05, 0) is 13.8 Å². The van der Waals surface area contributed by atoms with Crippen molar-refractivity contribution in [1.82, 2.24) is 0 Å². The molecule has 0 unspecified atom stereocenters. The lowest BCUT2D eigenvalue weighted by molar-refractivity contribution is -0.106. The minimum absolute atomic E-state index is 0.137. The molecule has 0 radical (unpaired) electrons. The van der Waals surface area contributed by atoms with E-state index >= 15 is 0 Å². The average Bonchev–Trinajstić information content (AvgIpc) is 2.04. The van der Waals surface area contributed by atoms with E-state index in [9.17, 15) is 8.78 Å². The van der Waals surface area contributed by atoms with Gasteiger partial charge in [0.05, 0.1) is 0 Å². The Balaban J connectivity index is 3.07. The highest BCUT2D eigenvalue weighted by molar-refractivity contribution is 5.26. The first kappa shape index (κ1) is 10.1. The lowest BCUT2D eigenvalue weighted by Crippen LogP contribution is -2.27. The van der Waals surface area contributed by atoms with E-state index in [0.717, 1.165) is 12.5 Å². The van der Waals surface area contributed by atoms with Crippen LogP contribution in [0.5, 0.6) is 0 Å². The Bertz CT molecular complexity index is 295. The maximum atomic E-state index is 13.2. The van der Waals surface area contributed by atoms with E-state index in [1.807, 2.05) is 0 Å². The number of alkyl halides is 2. The van der Waals surface area contributed by atoms with Gasteiger partial charge in [-0.25, -0.2) is 0 Å². The molecule has 0 heterocycles. The first-order valence-electron chi connectivity index (χ1n) is 4.07. The molecule has 0 spiro atoms. The molecule has 1 aromatic carbocycles. The Morgan fingerprint density at radius 1 is 1.38 bits per heavy atom. The predicted molar refractivity (Wildman–Crippen MR) is 46.8 cm³/mol. The van der Waals surface area contributed by atoms with Crippen molar-refractivity contribution in [2.45, 2.75) is 25.9 Å². The van der Waals surface area contributed by atoms with Crippen molar-refractivity contribution in [1.29, 1.82) is 0 Å². The van der Waals surface area contributed by atoms with Crippen LogP contribution in [0.25, 0.3) is 0 Å². The summed E-state index contributed by atoms with van der Waals surface area (Å²) in [5.41, 5.74) is 0.625. The fourth-order valence-corrected chi connectivity index (χ4v) is 1.09. The highest BCUT2D eigenvalue weighted by Gasteiger charge is 2.37. The molecule has 1 nitrogen and oxygen atoms in total. The molecule has 0 aliphatic heterocycles. The molecule has 13 heavy (non-hydrogen) atoms. The van der Waals surface area contributed by atoms with Crippen molar-refractivity contribution in [3.8, 4) is 0 Å². The monoisotopic (exact) mass is 186 g/mol. The molecule has 72 valence electrons. The van der Waals surface area contributed by atoms with E-state index in [4.69, 9.17) is 5.11 Å². The molecular formula is C10H12F2O. The van der Waals surface area contributed by atoms with Gasteiger partial charge in [-0.3, -0.25) is 0 Å². The van der Waals surface area contributed by atoms with E-state index in [1.54, 1.807) is 19.1 Å². The number of rotatable bonds is 2. The molecule has 0 aliphatic carbocycles. The minimum Gasteiger partial charge on any atom is -0.387 e. The Hall–Kier alpha value is -0.960. The highest BCUT2D eigenvalue weighted by atomic mass is 19.3. The van der Waals surface area contributed by atoms with Crippen molar-refractivity contribution in [3.05, 3.63) is 35.4 Å². The second-order valence-corrected chi connectivity index (χ2v) is 3.17. The first-order chi connectivity index (χ1) is 5.94. The molecule has 1 rings (SSSR count). The third-order valence-electron chi connectivity index (χ3n) is 1.93. The van der Waals surface area contributed by atoms with Gasteiger partial charge in [0.15, 0.2) is 0 Å². The van der Waals surface area contributed by atoms with Crippen LogP contribution >= 0.6 is 0 Å². The molecule has 0 saturated heterocycles. The maximum absolute atomic E-state index is 13.2. The van der Waals surface area contributed by atoms with E-state index < -0.39 is 12.0 Å². The van der Waals surface area contributed by atoms with E-state index in [1.165, 1.54) is 12.1 Å². The number of benzene rings is 1. The van der Waals surface area contributed by atoms with E-state index in [2.05, 4.69) is 0 Å². The van der Waals surface area contributed by atoms with Gasteiger partial charge in [0.1, 0.15) is 6.10 Å². The van der Waals surface area contributed by atoms with Crippen LogP contribution in [0.1, 0.15) is 18.1 Å². The average molecular weight is 186 g/mol. The zero-order chi connectivity index (χ0) is 10.1. The van der Waals surface area contributed by atoms with Gasteiger partial charge < -0.3 is 5.11 Å². The molecular weight excluding hydrogens is 174 g/mol. The molecule has 1 atom stereocenters. The molecule has 0 saturated carbocycles. The van der Waals surface area contributed by atoms with Crippen LogP contribution < -0.4 is 0 Å². The van der Waals surface area contributed by atoms with Crippen LogP contribution in [0.2, 0.25) is 0 Å². The van der Waals surface area contributed by atoms with Crippen LogP contribution in [0.15, 0.2) is 24.3 Å². The second-order valence-electron chi connectivity index (χ2n) is 3.17. The Kier molecular flexibility index (Phi) is 2.66. The van der Waals surface area contributed by atoms with Crippen LogP contribution in [-0.2, 0) is 5.92 Å². The highest BCUT2D eigenvalue weighted by Crippen LogP contribution is 2.31. The zero-order valence-electron chi connectivity index (χ0n) is 7.59. The third kappa shape index (κ3) is 2.04. The summed E-state index contributed by atoms with van der Waals surface area (Å²) >= 11 is 0. The summed E-state index contributed by atoms with van der Waals surface area (Å²) in [7, 11) is 0. The van der Waals surface area contributed by atoms with Gasteiger partial charge in [-0.2, -0.15) is 8.78 Å². The van der Waals surface area contributed by atoms with Gasteiger partial charge in [-0.15, -0.1) is 0 Å². The molecule has 0 fully saturated rings. The first-order valence-corrected chi connectivity index (χ1v) is 4.07. The largest absolute Gasteiger partial charge is 0.387 e. The fraction of sp³-hybridized carbons (Fsp3) is 0.400. The topological polar surface area (TPSA) is 20.2 Å². The number of aliphatic hydroxyl groups is 1. The van der Waals surface area contributed by atoms with Gasteiger partial charge in [0.25, 0.3) is 5.92 Å². The lowest BCUT2D eigenvalue weighted by atomic mass is 10.0. The summed E-state index contributed by atoms with van der Waals surface area (Å²) in [6, 6.07) is 6.00. The van der Waals surface area contributed by atoms with Gasteiger partial charge in [0, 0.05) is 5.56 Å². The predicted octanol–water partition coefficient (Wildman–Crippen LogP) is 2.47. The fourth-order valence-electron chi connectivity index (χ4n) is 1.09. The lowest BCUT2D eigenvalue weighted by Gasteiger charge is -2.19. The number of hydrogen-bond acceptors (Lipinski definition) is 1. The molecule has 0 aliphatic rings. The quantitative estimate of drug-likeness (QED) is 0.752. The molecule has 0 amide bonds. The summed E-state index contributed by atoms with van der Waals surface area (Å²) in [4.78, 5) is 0. The van der Waals surface area contributed by atoms with Crippen LogP contribution in [0.3, 0.4) is 0 Å². The van der Waals surface area contributed by atoms with E-state index in [-0.39, 0.29) is 5.56 Å². The minimum atomic E-state index is -3.16. The Morgan fingerprint density at radius 2 is 2.00 bits per heavy atom. The van der Waals surface area contributed by atoms with Crippen molar-refractivity contribution in [3.63, 3.8) is 0 Å². The molecule has 3 heteroatoms. The van der Waals surface area contributed by atoms with Crippen molar-refractivity contribution < 1.29 is 13.9 Å². The van der Waals surface area contributed by atoms with Crippen LogP contribution in [0, 0.1) is 6.92 Å².